The first-order chi connectivity index (χ1) is 12.2. The fraction of sp³-hybridized carbons (Fsp3) is 0.0526. The summed E-state index contributed by atoms with van der Waals surface area (Å²) in [5.41, 5.74) is 1.76. The van der Waals surface area contributed by atoms with Crippen LogP contribution in [-0.4, -0.2) is 21.8 Å². The SMILES string of the molecule is O=C(Nc1ncccn1)C(=O)NC(c1ccccc1)c1ccccc1. The Kier molecular flexibility index (Phi) is 5.11. The van der Waals surface area contributed by atoms with Crippen LogP contribution in [0.5, 0.6) is 0 Å². The van der Waals surface area contributed by atoms with Crippen LogP contribution < -0.4 is 10.6 Å². The number of hydrogen-bond acceptors (Lipinski definition) is 4. The quantitative estimate of drug-likeness (QED) is 0.718. The van der Waals surface area contributed by atoms with Crippen LogP contribution in [0.25, 0.3) is 0 Å². The van der Waals surface area contributed by atoms with E-state index in [-0.39, 0.29) is 5.95 Å². The average Bonchev–Trinajstić information content (AvgIpc) is 2.68. The number of anilines is 1. The fourth-order valence-electron chi connectivity index (χ4n) is 2.37. The van der Waals surface area contributed by atoms with Crippen molar-refractivity contribution in [1.29, 1.82) is 0 Å². The molecule has 2 amide bonds. The second-order valence-electron chi connectivity index (χ2n) is 5.25. The van der Waals surface area contributed by atoms with Gasteiger partial charge in [0.1, 0.15) is 0 Å². The van der Waals surface area contributed by atoms with Gasteiger partial charge in [0.25, 0.3) is 0 Å². The molecular weight excluding hydrogens is 316 g/mol. The molecule has 0 radical (unpaired) electrons. The maximum atomic E-state index is 12.3. The van der Waals surface area contributed by atoms with E-state index in [2.05, 4.69) is 20.6 Å². The van der Waals surface area contributed by atoms with E-state index < -0.39 is 17.9 Å². The predicted molar refractivity (Wildman–Crippen MR) is 93.5 cm³/mol. The lowest BCUT2D eigenvalue weighted by atomic mass is 9.99. The molecule has 2 N–H and O–H groups in total. The van der Waals surface area contributed by atoms with E-state index in [0.717, 1.165) is 11.1 Å². The molecule has 2 aromatic carbocycles. The van der Waals surface area contributed by atoms with Gasteiger partial charge in [-0.15, -0.1) is 0 Å². The van der Waals surface area contributed by atoms with Gasteiger partial charge in [-0.1, -0.05) is 60.7 Å². The van der Waals surface area contributed by atoms with Gasteiger partial charge in [-0.05, 0) is 17.2 Å². The summed E-state index contributed by atoms with van der Waals surface area (Å²) >= 11 is 0. The largest absolute Gasteiger partial charge is 0.337 e. The van der Waals surface area contributed by atoms with Crippen LogP contribution in [0.15, 0.2) is 79.1 Å². The van der Waals surface area contributed by atoms with E-state index in [0.29, 0.717) is 0 Å². The lowest BCUT2D eigenvalue weighted by Gasteiger charge is -2.19. The zero-order chi connectivity index (χ0) is 17.5. The third kappa shape index (κ3) is 4.26. The van der Waals surface area contributed by atoms with Crippen molar-refractivity contribution in [2.75, 3.05) is 5.32 Å². The van der Waals surface area contributed by atoms with Crippen molar-refractivity contribution in [3.05, 3.63) is 90.3 Å². The van der Waals surface area contributed by atoms with Gasteiger partial charge in [-0.2, -0.15) is 0 Å². The van der Waals surface area contributed by atoms with E-state index in [1.807, 2.05) is 60.7 Å². The van der Waals surface area contributed by atoms with Crippen LogP contribution in [0.2, 0.25) is 0 Å². The van der Waals surface area contributed by atoms with Gasteiger partial charge in [-0.3, -0.25) is 14.9 Å². The van der Waals surface area contributed by atoms with Gasteiger partial charge in [0.2, 0.25) is 5.95 Å². The summed E-state index contributed by atoms with van der Waals surface area (Å²) in [6, 6.07) is 20.1. The summed E-state index contributed by atoms with van der Waals surface area (Å²) in [6.07, 6.45) is 2.97. The number of hydrogen-bond donors (Lipinski definition) is 2. The first-order valence-electron chi connectivity index (χ1n) is 7.73. The minimum atomic E-state index is -0.817. The van der Waals surface area contributed by atoms with Crippen LogP contribution in [0.4, 0.5) is 5.95 Å². The average molecular weight is 332 g/mol. The molecular formula is C19H16N4O2. The molecule has 0 atom stereocenters. The molecule has 6 nitrogen and oxygen atoms in total. The highest BCUT2D eigenvalue weighted by Crippen LogP contribution is 2.21. The first-order valence-corrected chi connectivity index (χ1v) is 7.73. The molecule has 0 bridgehead atoms. The zero-order valence-electron chi connectivity index (χ0n) is 13.3. The monoisotopic (exact) mass is 332 g/mol. The number of carbonyl (C=O) groups is 2. The normalized spacial score (nSPS) is 10.3. The Balaban J connectivity index is 1.78. The maximum absolute atomic E-state index is 12.3. The molecule has 124 valence electrons. The standard InChI is InChI=1S/C19H16N4O2/c24-17(18(25)23-19-20-12-7-13-21-19)22-16(14-8-3-1-4-9-14)15-10-5-2-6-11-15/h1-13,16H,(H,22,24)(H,20,21,23,25). The van der Waals surface area contributed by atoms with Gasteiger partial charge in [0, 0.05) is 12.4 Å². The van der Waals surface area contributed by atoms with Crippen molar-refractivity contribution in [3.8, 4) is 0 Å². The molecule has 0 spiro atoms. The lowest BCUT2D eigenvalue weighted by molar-refractivity contribution is -0.136. The van der Waals surface area contributed by atoms with Crippen LogP contribution in [0, 0.1) is 0 Å². The minimum Gasteiger partial charge on any atom is -0.337 e. The first kappa shape index (κ1) is 16.3. The summed E-state index contributed by atoms with van der Waals surface area (Å²) in [4.78, 5) is 32.2. The van der Waals surface area contributed by atoms with Crippen molar-refractivity contribution >= 4 is 17.8 Å². The number of aromatic nitrogens is 2. The lowest BCUT2D eigenvalue weighted by Crippen LogP contribution is -2.38. The van der Waals surface area contributed by atoms with Crippen molar-refractivity contribution in [3.63, 3.8) is 0 Å². The molecule has 1 heterocycles. The van der Waals surface area contributed by atoms with E-state index in [1.165, 1.54) is 12.4 Å². The van der Waals surface area contributed by atoms with Crippen LogP contribution >= 0.6 is 0 Å². The molecule has 0 fully saturated rings. The van der Waals surface area contributed by atoms with Gasteiger partial charge in [0.05, 0.1) is 6.04 Å². The Morgan fingerprint density at radius 1 is 0.720 bits per heavy atom. The Morgan fingerprint density at radius 2 is 1.24 bits per heavy atom. The molecule has 3 aromatic rings. The summed E-state index contributed by atoms with van der Waals surface area (Å²) in [7, 11) is 0. The molecule has 0 saturated carbocycles. The highest BCUT2D eigenvalue weighted by molar-refractivity contribution is 6.39. The molecule has 0 aliphatic heterocycles. The Labute approximate surface area is 145 Å². The Hall–Kier alpha value is -3.54. The molecule has 0 aliphatic rings. The third-order valence-electron chi connectivity index (χ3n) is 3.54. The zero-order valence-corrected chi connectivity index (χ0v) is 13.3. The molecule has 0 aliphatic carbocycles. The molecule has 25 heavy (non-hydrogen) atoms. The molecule has 0 unspecified atom stereocenters. The number of benzene rings is 2. The summed E-state index contributed by atoms with van der Waals surface area (Å²) in [5, 5.41) is 5.14. The summed E-state index contributed by atoms with van der Waals surface area (Å²) in [5.74, 6) is -1.49. The molecule has 1 aromatic heterocycles. The van der Waals surface area contributed by atoms with E-state index in [1.54, 1.807) is 6.07 Å². The summed E-state index contributed by atoms with van der Waals surface area (Å²) < 4.78 is 0. The van der Waals surface area contributed by atoms with E-state index in [4.69, 9.17) is 0 Å². The van der Waals surface area contributed by atoms with Gasteiger partial charge in [-0.25, -0.2) is 9.97 Å². The predicted octanol–water partition coefficient (Wildman–Crippen LogP) is 2.32. The van der Waals surface area contributed by atoms with Gasteiger partial charge < -0.3 is 5.32 Å². The Morgan fingerprint density at radius 3 is 1.76 bits per heavy atom. The van der Waals surface area contributed by atoms with Crippen molar-refractivity contribution in [2.45, 2.75) is 6.04 Å². The van der Waals surface area contributed by atoms with Gasteiger partial charge >= 0.3 is 11.8 Å². The third-order valence-corrected chi connectivity index (χ3v) is 3.54. The fourth-order valence-corrected chi connectivity index (χ4v) is 2.37. The molecule has 3 rings (SSSR count). The number of carbonyl (C=O) groups excluding carboxylic acids is 2. The molecule has 0 saturated heterocycles. The smallest absolute Gasteiger partial charge is 0.316 e. The van der Waals surface area contributed by atoms with Crippen molar-refractivity contribution < 1.29 is 9.59 Å². The molecule has 6 heteroatoms. The highest BCUT2D eigenvalue weighted by atomic mass is 16.2. The maximum Gasteiger partial charge on any atom is 0.316 e. The van der Waals surface area contributed by atoms with Crippen LogP contribution in [0.1, 0.15) is 17.2 Å². The van der Waals surface area contributed by atoms with Gasteiger partial charge in [0.15, 0.2) is 0 Å². The van der Waals surface area contributed by atoms with Crippen LogP contribution in [0.3, 0.4) is 0 Å². The topological polar surface area (TPSA) is 84.0 Å². The van der Waals surface area contributed by atoms with Crippen LogP contribution in [-0.2, 0) is 9.59 Å². The number of amides is 2. The number of rotatable bonds is 4. The summed E-state index contributed by atoms with van der Waals surface area (Å²) in [6.45, 7) is 0. The van der Waals surface area contributed by atoms with Crippen molar-refractivity contribution in [2.24, 2.45) is 0 Å². The number of nitrogens with zero attached hydrogens (tertiary/aromatic N) is 2. The minimum absolute atomic E-state index is 0.0821. The Bertz CT molecular complexity index is 800. The second kappa shape index (κ2) is 7.83. The second-order valence-corrected chi connectivity index (χ2v) is 5.25. The number of nitrogens with one attached hydrogen (secondary N) is 2. The highest BCUT2D eigenvalue weighted by Gasteiger charge is 2.21. The van der Waals surface area contributed by atoms with E-state index in [9.17, 15) is 9.59 Å². The van der Waals surface area contributed by atoms with E-state index >= 15 is 0 Å². The van der Waals surface area contributed by atoms with Crippen molar-refractivity contribution in [1.82, 2.24) is 15.3 Å².